The van der Waals surface area contributed by atoms with Gasteiger partial charge < -0.3 is 14.6 Å². The van der Waals surface area contributed by atoms with Crippen LogP contribution < -0.4 is 5.32 Å². The summed E-state index contributed by atoms with van der Waals surface area (Å²) in [6.07, 6.45) is 1.38. The van der Waals surface area contributed by atoms with Crippen molar-refractivity contribution in [3.8, 4) is 11.4 Å². The van der Waals surface area contributed by atoms with Crippen molar-refractivity contribution in [1.29, 1.82) is 0 Å². The number of amides is 1. The summed E-state index contributed by atoms with van der Waals surface area (Å²) in [6, 6.07) is 12.4. The maximum Gasteiger partial charge on any atom is 0.337 e. The minimum atomic E-state index is -0.486. The van der Waals surface area contributed by atoms with Crippen molar-refractivity contribution < 1.29 is 18.8 Å². The number of carbonyl (C=O) groups excluding carboxylic acids is 2. The summed E-state index contributed by atoms with van der Waals surface area (Å²) >= 11 is 9.61. The maximum atomic E-state index is 12.8. The topological polar surface area (TPSA) is 97.6 Å². The monoisotopic (exact) mass is 532 g/mol. The predicted octanol–water partition coefficient (Wildman–Crippen LogP) is 4.79. The van der Waals surface area contributed by atoms with Crippen LogP contribution in [-0.4, -0.2) is 47.1 Å². The van der Waals surface area contributed by atoms with E-state index < -0.39 is 5.97 Å². The Morgan fingerprint density at radius 3 is 2.64 bits per heavy atom. The largest absolute Gasteiger partial charge is 0.465 e. The third-order valence-electron chi connectivity index (χ3n) is 5.53. The summed E-state index contributed by atoms with van der Waals surface area (Å²) in [5.74, 6) is 0.342. The molecular weight excluding hydrogens is 512 g/mol. The number of methoxy groups -OCH3 is 1. The Labute approximate surface area is 204 Å². The predicted molar refractivity (Wildman–Crippen MR) is 127 cm³/mol. The molecular formula is C23H22BrClN4O4. The van der Waals surface area contributed by atoms with Gasteiger partial charge in [-0.3, -0.25) is 9.69 Å². The highest BCUT2D eigenvalue weighted by molar-refractivity contribution is 9.10. The Morgan fingerprint density at radius 1 is 1.21 bits per heavy atom. The quantitative estimate of drug-likeness (QED) is 0.455. The van der Waals surface area contributed by atoms with E-state index in [9.17, 15) is 9.59 Å². The van der Waals surface area contributed by atoms with Gasteiger partial charge in [-0.2, -0.15) is 4.98 Å². The summed E-state index contributed by atoms with van der Waals surface area (Å²) in [4.78, 5) is 31.2. The molecule has 172 valence electrons. The second kappa shape index (κ2) is 10.5. The number of hydrogen-bond donors (Lipinski definition) is 1. The number of ether oxygens (including phenoxy) is 1. The van der Waals surface area contributed by atoms with Crippen LogP contribution >= 0.6 is 27.5 Å². The Kier molecular flexibility index (Phi) is 7.42. The number of piperidine rings is 1. The molecule has 3 aromatic rings. The summed E-state index contributed by atoms with van der Waals surface area (Å²) < 4.78 is 11.1. The molecule has 0 saturated carbocycles. The number of hydrogen-bond acceptors (Lipinski definition) is 7. The molecule has 8 nitrogen and oxygen atoms in total. The van der Waals surface area contributed by atoms with Gasteiger partial charge in [-0.1, -0.05) is 32.7 Å². The van der Waals surface area contributed by atoms with Crippen molar-refractivity contribution in [3.63, 3.8) is 0 Å². The van der Waals surface area contributed by atoms with Gasteiger partial charge in [-0.15, -0.1) is 0 Å². The molecule has 0 radical (unpaired) electrons. The first kappa shape index (κ1) is 23.4. The van der Waals surface area contributed by atoms with E-state index in [1.807, 2.05) is 24.3 Å². The number of aromatic nitrogens is 2. The van der Waals surface area contributed by atoms with Crippen molar-refractivity contribution in [2.24, 2.45) is 5.92 Å². The fraction of sp³-hybridized carbons (Fsp3) is 0.304. The highest BCUT2D eigenvalue weighted by Crippen LogP contribution is 2.27. The summed E-state index contributed by atoms with van der Waals surface area (Å²) in [7, 11) is 1.30. The average Bonchev–Trinajstić information content (AvgIpc) is 3.29. The number of nitrogens with zero attached hydrogens (tertiary/aromatic N) is 3. The van der Waals surface area contributed by atoms with Gasteiger partial charge in [-0.25, -0.2) is 4.79 Å². The number of esters is 1. The lowest BCUT2D eigenvalue weighted by Gasteiger charge is -2.30. The molecule has 0 bridgehead atoms. The van der Waals surface area contributed by atoms with Crippen molar-refractivity contribution in [2.75, 3.05) is 25.5 Å². The number of benzene rings is 2. The van der Waals surface area contributed by atoms with Gasteiger partial charge in [0.1, 0.15) is 0 Å². The minimum absolute atomic E-state index is 0.117. The second-order valence-corrected chi connectivity index (χ2v) is 9.07. The third-order valence-corrected chi connectivity index (χ3v) is 6.39. The van der Waals surface area contributed by atoms with E-state index in [1.165, 1.54) is 13.2 Å². The maximum absolute atomic E-state index is 12.8. The second-order valence-electron chi connectivity index (χ2n) is 7.74. The fourth-order valence-electron chi connectivity index (χ4n) is 3.68. The molecule has 1 N–H and O–H groups in total. The molecule has 10 heteroatoms. The summed E-state index contributed by atoms with van der Waals surface area (Å²) in [5, 5.41) is 7.28. The molecule has 0 aliphatic carbocycles. The lowest BCUT2D eigenvalue weighted by atomic mass is 9.95. The molecule has 0 unspecified atom stereocenters. The zero-order chi connectivity index (χ0) is 23.4. The molecule has 33 heavy (non-hydrogen) atoms. The van der Waals surface area contributed by atoms with Crippen LogP contribution in [0.15, 0.2) is 51.5 Å². The normalized spacial score (nSPS) is 14.8. The molecule has 1 aromatic heterocycles. The Balaban J connectivity index is 1.31. The standard InChI is InChI=1S/C23H22BrClN4O4/c1-32-23(31)16-4-7-18(25)19(12-16)26-22(30)15-8-10-29(11-9-15)13-20-27-21(28-33-20)14-2-5-17(24)6-3-14/h2-7,12,15H,8-11,13H2,1H3,(H,26,30). The van der Waals surface area contributed by atoms with Gasteiger partial charge in [0.2, 0.25) is 17.6 Å². The minimum Gasteiger partial charge on any atom is -0.465 e. The van der Waals surface area contributed by atoms with Gasteiger partial charge in [0.25, 0.3) is 0 Å². The van der Waals surface area contributed by atoms with Gasteiger partial charge in [0.05, 0.1) is 29.9 Å². The van der Waals surface area contributed by atoms with Gasteiger partial charge in [0.15, 0.2) is 0 Å². The van der Waals surface area contributed by atoms with Gasteiger partial charge in [-0.05, 0) is 68.4 Å². The first-order valence-electron chi connectivity index (χ1n) is 10.4. The van der Waals surface area contributed by atoms with Crippen molar-refractivity contribution in [3.05, 3.63) is 63.4 Å². The van der Waals surface area contributed by atoms with Crippen LogP contribution in [-0.2, 0) is 16.1 Å². The lowest BCUT2D eigenvalue weighted by Crippen LogP contribution is -2.37. The SMILES string of the molecule is COC(=O)c1ccc(Cl)c(NC(=O)C2CCN(Cc3nc(-c4ccc(Br)cc4)no3)CC2)c1. The van der Waals surface area contributed by atoms with Crippen molar-refractivity contribution in [2.45, 2.75) is 19.4 Å². The molecule has 2 heterocycles. The van der Waals surface area contributed by atoms with Crippen LogP contribution in [0.5, 0.6) is 0 Å². The molecule has 1 aliphatic heterocycles. The van der Waals surface area contributed by atoms with Crippen molar-refractivity contribution in [1.82, 2.24) is 15.0 Å². The molecule has 0 atom stereocenters. The highest BCUT2D eigenvalue weighted by Gasteiger charge is 2.26. The average molecular weight is 534 g/mol. The zero-order valence-corrected chi connectivity index (χ0v) is 20.2. The number of likely N-dealkylation sites (tertiary alicyclic amines) is 1. The molecule has 0 spiro atoms. The van der Waals surface area contributed by atoms with E-state index in [4.69, 9.17) is 20.9 Å². The molecule has 1 amide bonds. The molecule has 2 aromatic carbocycles. The van der Waals surface area contributed by atoms with E-state index in [0.29, 0.717) is 47.4 Å². The van der Waals surface area contributed by atoms with Crippen LogP contribution in [0.4, 0.5) is 5.69 Å². The number of rotatable bonds is 6. The van der Waals surface area contributed by atoms with E-state index in [-0.39, 0.29) is 11.8 Å². The molecule has 1 saturated heterocycles. The number of anilines is 1. The van der Waals surface area contributed by atoms with E-state index in [1.54, 1.807) is 12.1 Å². The molecule has 4 rings (SSSR count). The van der Waals surface area contributed by atoms with Gasteiger partial charge in [0, 0.05) is 16.0 Å². The van der Waals surface area contributed by atoms with Gasteiger partial charge >= 0.3 is 5.97 Å². The van der Waals surface area contributed by atoms with Crippen LogP contribution in [0.1, 0.15) is 29.1 Å². The smallest absolute Gasteiger partial charge is 0.337 e. The molecule has 1 fully saturated rings. The fourth-order valence-corrected chi connectivity index (χ4v) is 4.11. The zero-order valence-electron chi connectivity index (χ0n) is 17.9. The van der Waals surface area contributed by atoms with Crippen LogP contribution in [0.25, 0.3) is 11.4 Å². The Bertz CT molecular complexity index is 1140. The number of carbonyl (C=O) groups is 2. The van der Waals surface area contributed by atoms with Crippen LogP contribution in [0.3, 0.4) is 0 Å². The number of halogens is 2. The van der Waals surface area contributed by atoms with E-state index >= 15 is 0 Å². The van der Waals surface area contributed by atoms with Crippen LogP contribution in [0.2, 0.25) is 5.02 Å². The Morgan fingerprint density at radius 2 is 1.94 bits per heavy atom. The molecule has 1 aliphatic rings. The first-order valence-corrected chi connectivity index (χ1v) is 11.6. The third kappa shape index (κ3) is 5.79. The lowest BCUT2D eigenvalue weighted by molar-refractivity contribution is -0.121. The summed E-state index contributed by atoms with van der Waals surface area (Å²) in [6.45, 7) is 1.99. The highest BCUT2D eigenvalue weighted by atomic mass is 79.9. The Hall–Kier alpha value is -2.75. The van der Waals surface area contributed by atoms with Crippen LogP contribution in [0, 0.1) is 5.92 Å². The number of nitrogens with one attached hydrogen (secondary N) is 1. The summed E-state index contributed by atoms with van der Waals surface area (Å²) in [5.41, 5.74) is 1.62. The van der Waals surface area contributed by atoms with Crippen molar-refractivity contribution >= 4 is 45.1 Å². The van der Waals surface area contributed by atoms with E-state index in [0.717, 1.165) is 23.1 Å². The first-order chi connectivity index (χ1) is 15.9. The van der Waals surface area contributed by atoms with E-state index in [2.05, 4.69) is 36.3 Å².